The lowest BCUT2D eigenvalue weighted by atomic mass is 9.95. The zero-order valence-electron chi connectivity index (χ0n) is 15.9. The number of nitrogens with one attached hydrogen (secondary N) is 1. The van der Waals surface area contributed by atoms with Crippen LogP contribution in [0.3, 0.4) is 0 Å². The predicted octanol–water partition coefficient (Wildman–Crippen LogP) is 3.46. The normalized spacial score (nSPS) is 12.7. The molecule has 7 heteroatoms. The first-order valence-corrected chi connectivity index (χ1v) is 10.6. The van der Waals surface area contributed by atoms with E-state index in [-0.39, 0.29) is 23.4 Å². The molecule has 1 aliphatic carbocycles. The van der Waals surface area contributed by atoms with Gasteiger partial charge in [0.15, 0.2) is 0 Å². The number of amides is 1. The molecular weight excluding hydrogens is 374 g/mol. The summed E-state index contributed by atoms with van der Waals surface area (Å²) in [5.74, 6) is 0.206. The van der Waals surface area contributed by atoms with E-state index in [9.17, 15) is 14.9 Å². The Hall–Kier alpha value is -2.72. The Balaban J connectivity index is 1.86. The number of benzene rings is 1. The molecule has 1 N–H and O–H groups in total. The van der Waals surface area contributed by atoms with E-state index < -0.39 is 0 Å². The van der Waals surface area contributed by atoms with Crippen molar-refractivity contribution < 1.29 is 14.3 Å². The van der Waals surface area contributed by atoms with E-state index >= 15 is 0 Å². The van der Waals surface area contributed by atoms with Gasteiger partial charge < -0.3 is 10.1 Å². The number of nitrogens with zero attached hydrogens (tertiary/aromatic N) is 2. The first-order valence-electron chi connectivity index (χ1n) is 9.40. The third kappa shape index (κ3) is 4.39. The third-order valence-corrected chi connectivity index (χ3v) is 5.52. The number of aromatic nitrogens is 1. The van der Waals surface area contributed by atoms with Crippen LogP contribution in [0.2, 0.25) is 0 Å². The number of thioether (sulfide) groups is 1. The van der Waals surface area contributed by atoms with Crippen molar-refractivity contribution in [3.63, 3.8) is 0 Å². The number of nitriles is 1. The van der Waals surface area contributed by atoms with Crippen LogP contribution in [0.1, 0.15) is 36.6 Å². The highest BCUT2D eigenvalue weighted by molar-refractivity contribution is 8.00. The average molecular weight is 398 g/mol. The molecular formula is C21H23N3O3S. The molecule has 1 aromatic heterocycles. The first-order chi connectivity index (χ1) is 13.7. The lowest BCUT2D eigenvalue weighted by Crippen LogP contribution is -2.19. The SMILES string of the molecule is CCOC(=O)CSCC(=O)Nc1c(C#N)c2c(n1-c1ccccc1)CCCC2. The van der Waals surface area contributed by atoms with E-state index in [0.29, 0.717) is 18.0 Å². The van der Waals surface area contributed by atoms with Gasteiger partial charge in [-0.25, -0.2) is 0 Å². The number of carbonyl (C=O) groups excluding carboxylic acids is 2. The van der Waals surface area contributed by atoms with E-state index in [1.807, 2.05) is 34.9 Å². The minimum absolute atomic E-state index is 0.119. The molecule has 2 aromatic rings. The number of para-hydroxylation sites is 1. The molecule has 1 aromatic carbocycles. The van der Waals surface area contributed by atoms with Gasteiger partial charge in [0.2, 0.25) is 5.91 Å². The zero-order valence-corrected chi connectivity index (χ0v) is 16.7. The second-order valence-electron chi connectivity index (χ2n) is 6.48. The van der Waals surface area contributed by atoms with Gasteiger partial charge in [-0.05, 0) is 50.3 Å². The number of esters is 1. The van der Waals surface area contributed by atoms with Crippen LogP contribution in [0.5, 0.6) is 0 Å². The van der Waals surface area contributed by atoms with Gasteiger partial charge in [-0.15, -0.1) is 11.8 Å². The van der Waals surface area contributed by atoms with E-state index in [1.165, 1.54) is 11.8 Å². The summed E-state index contributed by atoms with van der Waals surface area (Å²) in [5, 5.41) is 12.7. The number of anilines is 1. The maximum absolute atomic E-state index is 12.5. The van der Waals surface area contributed by atoms with Gasteiger partial charge in [0.05, 0.1) is 23.7 Å². The van der Waals surface area contributed by atoms with Gasteiger partial charge in [0.1, 0.15) is 11.9 Å². The Kier molecular flexibility index (Phi) is 6.77. The minimum Gasteiger partial charge on any atom is -0.465 e. The van der Waals surface area contributed by atoms with Gasteiger partial charge in [-0.3, -0.25) is 14.2 Å². The molecule has 0 fully saturated rings. The molecule has 1 aliphatic rings. The highest BCUT2D eigenvalue weighted by atomic mass is 32.2. The molecule has 146 valence electrons. The molecule has 0 radical (unpaired) electrons. The van der Waals surface area contributed by atoms with Crippen molar-refractivity contribution in [2.24, 2.45) is 0 Å². The van der Waals surface area contributed by atoms with Crippen LogP contribution in [-0.2, 0) is 27.2 Å². The van der Waals surface area contributed by atoms with Gasteiger partial charge >= 0.3 is 5.97 Å². The Morgan fingerprint density at radius 2 is 1.96 bits per heavy atom. The summed E-state index contributed by atoms with van der Waals surface area (Å²) in [6, 6.07) is 12.1. The predicted molar refractivity (Wildman–Crippen MR) is 110 cm³/mol. The topological polar surface area (TPSA) is 84.1 Å². The molecule has 1 heterocycles. The number of carbonyl (C=O) groups is 2. The molecule has 1 amide bonds. The fourth-order valence-corrected chi connectivity index (χ4v) is 4.10. The lowest BCUT2D eigenvalue weighted by Gasteiger charge is -2.17. The second kappa shape index (κ2) is 9.47. The molecule has 3 rings (SSSR count). The summed E-state index contributed by atoms with van der Waals surface area (Å²) in [6.07, 6.45) is 3.84. The molecule has 0 aliphatic heterocycles. The molecule has 0 saturated heterocycles. The van der Waals surface area contributed by atoms with Crippen LogP contribution in [0.15, 0.2) is 30.3 Å². The Morgan fingerprint density at radius 3 is 2.68 bits per heavy atom. The maximum atomic E-state index is 12.5. The van der Waals surface area contributed by atoms with Crippen LogP contribution < -0.4 is 5.32 Å². The van der Waals surface area contributed by atoms with Crippen molar-refractivity contribution in [1.82, 2.24) is 4.57 Å². The first kappa shape index (κ1) is 20.0. The quantitative estimate of drug-likeness (QED) is 0.723. The summed E-state index contributed by atoms with van der Waals surface area (Å²) in [7, 11) is 0. The Morgan fingerprint density at radius 1 is 1.21 bits per heavy atom. The largest absolute Gasteiger partial charge is 0.465 e. The number of hydrogen-bond donors (Lipinski definition) is 1. The van der Waals surface area contributed by atoms with E-state index in [0.717, 1.165) is 42.6 Å². The average Bonchev–Trinajstić information content (AvgIpc) is 3.01. The van der Waals surface area contributed by atoms with Gasteiger partial charge in [0, 0.05) is 11.4 Å². The van der Waals surface area contributed by atoms with Crippen LogP contribution >= 0.6 is 11.8 Å². The van der Waals surface area contributed by atoms with Gasteiger partial charge in [0.25, 0.3) is 0 Å². The summed E-state index contributed by atoms with van der Waals surface area (Å²) in [6.45, 7) is 2.07. The molecule has 28 heavy (non-hydrogen) atoms. The third-order valence-electron chi connectivity index (χ3n) is 4.61. The summed E-state index contributed by atoms with van der Waals surface area (Å²) < 4.78 is 6.87. The van der Waals surface area contributed by atoms with E-state index in [1.54, 1.807) is 6.92 Å². The molecule has 0 spiro atoms. The number of fused-ring (bicyclic) bond motifs is 1. The van der Waals surface area contributed by atoms with Crippen LogP contribution in [-0.4, -0.2) is 34.6 Å². The fourth-order valence-electron chi connectivity index (χ4n) is 3.49. The molecule has 0 atom stereocenters. The van der Waals surface area contributed by atoms with Crippen molar-refractivity contribution in [1.29, 1.82) is 5.26 Å². The van der Waals surface area contributed by atoms with E-state index in [4.69, 9.17) is 4.74 Å². The number of hydrogen-bond acceptors (Lipinski definition) is 5. The molecule has 0 bridgehead atoms. The van der Waals surface area contributed by atoms with Crippen LogP contribution in [0, 0.1) is 11.3 Å². The van der Waals surface area contributed by atoms with Crippen molar-refractivity contribution in [2.75, 3.05) is 23.4 Å². The van der Waals surface area contributed by atoms with Crippen molar-refractivity contribution in [2.45, 2.75) is 32.6 Å². The smallest absolute Gasteiger partial charge is 0.315 e. The minimum atomic E-state index is -0.332. The molecule has 0 saturated carbocycles. The zero-order chi connectivity index (χ0) is 19.9. The van der Waals surface area contributed by atoms with Crippen molar-refractivity contribution in [3.8, 4) is 11.8 Å². The summed E-state index contributed by atoms with van der Waals surface area (Å²) >= 11 is 1.20. The van der Waals surface area contributed by atoms with E-state index in [2.05, 4.69) is 11.4 Å². The Bertz CT molecular complexity index is 900. The molecule has 6 nitrogen and oxygen atoms in total. The van der Waals surface area contributed by atoms with Crippen LogP contribution in [0.4, 0.5) is 5.82 Å². The van der Waals surface area contributed by atoms with Crippen molar-refractivity contribution >= 4 is 29.5 Å². The summed E-state index contributed by atoms with van der Waals surface area (Å²) in [4.78, 5) is 23.9. The number of rotatable bonds is 7. The second-order valence-corrected chi connectivity index (χ2v) is 7.47. The maximum Gasteiger partial charge on any atom is 0.315 e. The summed E-state index contributed by atoms with van der Waals surface area (Å²) in [5.41, 5.74) is 3.61. The van der Waals surface area contributed by atoms with Crippen molar-refractivity contribution in [3.05, 3.63) is 47.2 Å². The standard InChI is InChI=1S/C21H23N3O3S/c1-2-27-20(26)14-28-13-19(25)23-21-17(12-22)16-10-6-7-11-18(16)24(21)15-8-4-3-5-9-15/h3-5,8-9H,2,6-7,10-11,13-14H2,1H3,(H,23,25). The van der Waals surface area contributed by atoms with Crippen LogP contribution in [0.25, 0.3) is 5.69 Å². The Labute approximate surface area is 168 Å². The monoisotopic (exact) mass is 397 g/mol. The van der Waals surface area contributed by atoms with Gasteiger partial charge in [-0.1, -0.05) is 18.2 Å². The molecule has 0 unspecified atom stereocenters. The highest BCUT2D eigenvalue weighted by Gasteiger charge is 2.26. The van der Waals surface area contributed by atoms with Gasteiger partial charge in [-0.2, -0.15) is 5.26 Å². The number of ether oxygens (including phenoxy) is 1. The fraction of sp³-hybridized carbons (Fsp3) is 0.381. The highest BCUT2D eigenvalue weighted by Crippen LogP contribution is 2.35. The lowest BCUT2D eigenvalue weighted by molar-refractivity contribution is -0.139.